The highest BCUT2D eigenvalue weighted by atomic mass is 16.4. The predicted octanol–water partition coefficient (Wildman–Crippen LogP) is 1.59. The highest BCUT2D eigenvalue weighted by Gasteiger charge is 2.17. The molecule has 0 aliphatic rings. The van der Waals surface area contributed by atoms with Crippen molar-refractivity contribution in [1.29, 1.82) is 0 Å². The molecule has 0 saturated heterocycles. The molecule has 3 heteroatoms. The van der Waals surface area contributed by atoms with Crippen LogP contribution in [0.1, 0.15) is 17.5 Å². The molecule has 0 bridgehead atoms. The van der Waals surface area contributed by atoms with Crippen LogP contribution in [0, 0.1) is 12.8 Å². The molecule has 1 aromatic rings. The Balaban J connectivity index is 2.74. The van der Waals surface area contributed by atoms with Crippen LogP contribution in [0.25, 0.3) is 0 Å². The van der Waals surface area contributed by atoms with Crippen LogP contribution in [-0.4, -0.2) is 17.6 Å². The molecule has 0 fully saturated rings. The summed E-state index contributed by atoms with van der Waals surface area (Å²) >= 11 is 0. The first-order chi connectivity index (χ1) is 7.15. The number of benzene rings is 1. The molecule has 1 atom stereocenters. The van der Waals surface area contributed by atoms with Gasteiger partial charge in [0.1, 0.15) is 0 Å². The van der Waals surface area contributed by atoms with Crippen molar-refractivity contribution in [1.82, 2.24) is 0 Å². The van der Waals surface area contributed by atoms with Gasteiger partial charge < -0.3 is 10.8 Å². The topological polar surface area (TPSA) is 63.3 Å². The Labute approximate surface area is 89.9 Å². The van der Waals surface area contributed by atoms with Crippen LogP contribution < -0.4 is 5.73 Å². The molecule has 0 radical (unpaired) electrons. The molecule has 0 aliphatic heterocycles. The molecule has 0 spiro atoms. The molecule has 3 nitrogen and oxygen atoms in total. The normalized spacial score (nSPS) is 12.4. The van der Waals surface area contributed by atoms with Gasteiger partial charge >= 0.3 is 5.97 Å². The quantitative estimate of drug-likeness (QED) is 0.770. The van der Waals surface area contributed by atoms with Gasteiger partial charge in [0.25, 0.3) is 0 Å². The molecule has 82 valence electrons. The van der Waals surface area contributed by atoms with Crippen LogP contribution in [0.5, 0.6) is 0 Å². The van der Waals surface area contributed by atoms with Gasteiger partial charge in [0, 0.05) is 0 Å². The second-order valence-corrected chi connectivity index (χ2v) is 3.74. The number of hydrogen-bond donors (Lipinski definition) is 2. The maximum absolute atomic E-state index is 10.9. The molecule has 0 heterocycles. The van der Waals surface area contributed by atoms with Crippen LogP contribution in [0.4, 0.5) is 0 Å². The van der Waals surface area contributed by atoms with E-state index in [9.17, 15) is 4.79 Å². The summed E-state index contributed by atoms with van der Waals surface area (Å²) in [5, 5.41) is 9.00. The van der Waals surface area contributed by atoms with Crippen LogP contribution in [0.3, 0.4) is 0 Å². The number of rotatable bonds is 5. The van der Waals surface area contributed by atoms with E-state index in [0.29, 0.717) is 19.4 Å². The van der Waals surface area contributed by atoms with E-state index in [2.05, 4.69) is 0 Å². The fraction of sp³-hybridized carbons (Fsp3) is 0.417. The van der Waals surface area contributed by atoms with E-state index in [1.165, 1.54) is 0 Å². The molecular formula is C12H17NO2. The van der Waals surface area contributed by atoms with Crippen molar-refractivity contribution >= 4 is 5.97 Å². The molecule has 1 unspecified atom stereocenters. The molecule has 0 amide bonds. The predicted molar refractivity (Wildman–Crippen MR) is 59.7 cm³/mol. The minimum absolute atomic E-state index is 0.365. The van der Waals surface area contributed by atoms with Crippen LogP contribution in [0.2, 0.25) is 0 Å². The third-order valence-corrected chi connectivity index (χ3v) is 2.59. The van der Waals surface area contributed by atoms with E-state index < -0.39 is 5.97 Å². The number of aliphatic carboxylic acids is 1. The Kier molecular flexibility index (Phi) is 4.31. The number of carbonyl (C=O) groups is 1. The summed E-state index contributed by atoms with van der Waals surface area (Å²) in [4.78, 5) is 10.9. The maximum Gasteiger partial charge on any atom is 0.306 e. The SMILES string of the molecule is Cc1ccccc1CC(CCN)C(=O)O. The van der Waals surface area contributed by atoms with E-state index in [-0.39, 0.29) is 5.92 Å². The lowest BCUT2D eigenvalue weighted by molar-refractivity contribution is -0.141. The Morgan fingerprint density at radius 3 is 2.67 bits per heavy atom. The van der Waals surface area contributed by atoms with Gasteiger partial charge in [-0.3, -0.25) is 4.79 Å². The number of carboxylic acid groups (broad SMARTS) is 1. The Hall–Kier alpha value is -1.35. The largest absolute Gasteiger partial charge is 0.481 e. The molecule has 0 aromatic heterocycles. The second-order valence-electron chi connectivity index (χ2n) is 3.74. The van der Waals surface area contributed by atoms with Gasteiger partial charge in [-0.25, -0.2) is 0 Å². The van der Waals surface area contributed by atoms with Crippen molar-refractivity contribution in [3.8, 4) is 0 Å². The summed E-state index contributed by atoms with van der Waals surface area (Å²) in [5.74, 6) is -1.13. The van der Waals surface area contributed by atoms with E-state index >= 15 is 0 Å². The minimum atomic E-state index is -0.760. The average Bonchev–Trinajstić information content (AvgIpc) is 2.20. The van der Waals surface area contributed by atoms with Crippen LogP contribution in [-0.2, 0) is 11.2 Å². The van der Waals surface area contributed by atoms with Crippen molar-refractivity contribution in [2.24, 2.45) is 11.7 Å². The zero-order chi connectivity index (χ0) is 11.3. The lowest BCUT2D eigenvalue weighted by Gasteiger charge is -2.12. The molecular weight excluding hydrogens is 190 g/mol. The number of nitrogens with two attached hydrogens (primary N) is 1. The minimum Gasteiger partial charge on any atom is -0.481 e. The monoisotopic (exact) mass is 207 g/mol. The van der Waals surface area contributed by atoms with Crippen molar-refractivity contribution in [2.45, 2.75) is 19.8 Å². The number of hydrogen-bond acceptors (Lipinski definition) is 2. The molecule has 1 rings (SSSR count). The molecule has 0 aliphatic carbocycles. The molecule has 3 N–H and O–H groups in total. The molecule has 15 heavy (non-hydrogen) atoms. The van der Waals surface area contributed by atoms with Crippen LogP contribution in [0.15, 0.2) is 24.3 Å². The molecule has 1 aromatic carbocycles. The zero-order valence-corrected chi connectivity index (χ0v) is 8.94. The summed E-state index contributed by atoms with van der Waals surface area (Å²) in [6.45, 7) is 2.42. The van der Waals surface area contributed by atoms with Gasteiger partial charge in [-0.1, -0.05) is 24.3 Å². The van der Waals surface area contributed by atoms with Crippen LogP contribution >= 0.6 is 0 Å². The van der Waals surface area contributed by atoms with Crippen molar-refractivity contribution < 1.29 is 9.90 Å². The van der Waals surface area contributed by atoms with Crippen molar-refractivity contribution in [3.63, 3.8) is 0 Å². The summed E-state index contributed by atoms with van der Waals surface area (Å²) in [5.41, 5.74) is 7.63. The fourth-order valence-corrected chi connectivity index (χ4v) is 1.62. The summed E-state index contributed by atoms with van der Waals surface area (Å²) < 4.78 is 0. The first kappa shape index (κ1) is 11.7. The van der Waals surface area contributed by atoms with E-state index in [1.807, 2.05) is 31.2 Å². The Morgan fingerprint density at radius 1 is 1.47 bits per heavy atom. The Bertz CT molecular complexity index is 336. The highest BCUT2D eigenvalue weighted by molar-refractivity contribution is 5.70. The summed E-state index contributed by atoms with van der Waals surface area (Å²) in [6, 6.07) is 7.86. The lowest BCUT2D eigenvalue weighted by atomic mass is 9.94. The van der Waals surface area contributed by atoms with E-state index in [4.69, 9.17) is 10.8 Å². The second kappa shape index (κ2) is 5.51. The number of carboxylic acids is 1. The van der Waals surface area contributed by atoms with Gasteiger partial charge in [-0.15, -0.1) is 0 Å². The van der Waals surface area contributed by atoms with Gasteiger partial charge in [-0.2, -0.15) is 0 Å². The van der Waals surface area contributed by atoms with Gasteiger partial charge in [0.2, 0.25) is 0 Å². The maximum atomic E-state index is 10.9. The van der Waals surface area contributed by atoms with Gasteiger partial charge in [0.05, 0.1) is 5.92 Å². The smallest absolute Gasteiger partial charge is 0.306 e. The highest BCUT2D eigenvalue weighted by Crippen LogP contribution is 2.15. The third-order valence-electron chi connectivity index (χ3n) is 2.59. The summed E-state index contributed by atoms with van der Waals surface area (Å²) in [6.07, 6.45) is 1.10. The Morgan fingerprint density at radius 2 is 2.13 bits per heavy atom. The summed E-state index contributed by atoms with van der Waals surface area (Å²) in [7, 11) is 0. The van der Waals surface area contributed by atoms with E-state index in [1.54, 1.807) is 0 Å². The van der Waals surface area contributed by atoms with E-state index in [0.717, 1.165) is 11.1 Å². The number of aryl methyl sites for hydroxylation is 1. The van der Waals surface area contributed by atoms with Gasteiger partial charge in [-0.05, 0) is 37.4 Å². The zero-order valence-electron chi connectivity index (χ0n) is 8.94. The standard InChI is InChI=1S/C12H17NO2/c1-9-4-2-3-5-10(9)8-11(6-7-13)12(14)15/h2-5,11H,6-8,13H2,1H3,(H,14,15). The fourth-order valence-electron chi connectivity index (χ4n) is 1.62. The molecule has 0 saturated carbocycles. The first-order valence-corrected chi connectivity index (χ1v) is 5.12. The average molecular weight is 207 g/mol. The lowest BCUT2D eigenvalue weighted by Crippen LogP contribution is -2.20. The first-order valence-electron chi connectivity index (χ1n) is 5.12. The van der Waals surface area contributed by atoms with Crippen molar-refractivity contribution in [3.05, 3.63) is 35.4 Å². The van der Waals surface area contributed by atoms with Crippen molar-refractivity contribution in [2.75, 3.05) is 6.54 Å². The third kappa shape index (κ3) is 3.36. The van der Waals surface area contributed by atoms with Gasteiger partial charge in [0.15, 0.2) is 0 Å².